The molecule has 0 aromatic heterocycles. The van der Waals surface area contributed by atoms with Gasteiger partial charge in [-0.1, -0.05) is 12.1 Å². The van der Waals surface area contributed by atoms with Crippen molar-refractivity contribution in [2.45, 2.75) is 31.7 Å². The molecule has 0 bridgehead atoms. The number of rotatable bonds is 3. The lowest BCUT2D eigenvalue weighted by Crippen LogP contribution is -2.34. The highest BCUT2D eigenvalue weighted by Gasteiger charge is 2.36. The number of benzene rings is 1. The molecule has 1 fully saturated rings. The minimum atomic E-state index is -2.47. The van der Waals surface area contributed by atoms with Gasteiger partial charge in [0.2, 0.25) is 0 Å². The van der Waals surface area contributed by atoms with E-state index >= 15 is 0 Å². The van der Waals surface area contributed by atoms with E-state index in [-0.39, 0.29) is 5.56 Å². The molecule has 94 valence electrons. The first-order valence-corrected chi connectivity index (χ1v) is 5.79. The van der Waals surface area contributed by atoms with Gasteiger partial charge in [-0.3, -0.25) is 0 Å². The Morgan fingerprint density at radius 3 is 2.71 bits per heavy atom. The van der Waals surface area contributed by atoms with Crippen LogP contribution in [0.5, 0.6) is 5.75 Å². The lowest BCUT2D eigenvalue weighted by Gasteiger charge is -2.29. The van der Waals surface area contributed by atoms with Gasteiger partial charge in [0.1, 0.15) is 5.75 Å². The van der Waals surface area contributed by atoms with E-state index in [4.69, 9.17) is 4.74 Å². The second-order valence-corrected chi connectivity index (χ2v) is 4.59. The minimum Gasteiger partial charge on any atom is -0.496 e. The zero-order valence-electron chi connectivity index (χ0n) is 10.1. The fourth-order valence-corrected chi connectivity index (χ4v) is 2.60. The first kappa shape index (κ1) is 12.3. The topological polar surface area (TPSA) is 21.3 Å². The number of ether oxygens (including phenoxy) is 1. The van der Waals surface area contributed by atoms with Gasteiger partial charge in [0.05, 0.1) is 7.11 Å². The van der Waals surface area contributed by atoms with Crippen LogP contribution in [0.1, 0.15) is 37.3 Å². The van der Waals surface area contributed by atoms with E-state index in [1.807, 2.05) is 6.92 Å². The Kier molecular flexibility index (Phi) is 3.33. The highest BCUT2D eigenvalue weighted by Crippen LogP contribution is 2.41. The van der Waals surface area contributed by atoms with Crippen LogP contribution >= 0.6 is 0 Å². The summed E-state index contributed by atoms with van der Waals surface area (Å²) in [7, 11) is 1.52. The second-order valence-electron chi connectivity index (χ2n) is 4.59. The van der Waals surface area contributed by atoms with E-state index in [1.165, 1.54) is 13.2 Å². The molecule has 1 atom stereocenters. The highest BCUT2D eigenvalue weighted by molar-refractivity contribution is 5.46. The van der Waals surface area contributed by atoms with Gasteiger partial charge >= 0.3 is 0 Å². The summed E-state index contributed by atoms with van der Waals surface area (Å²) in [6.45, 7) is 2.82. The van der Waals surface area contributed by atoms with Crippen molar-refractivity contribution in [1.82, 2.24) is 5.32 Å². The van der Waals surface area contributed by atoms with Gasteiger partial charge in [-0.2, -0.15) is 0 Å². The molecular weight excluding hydrogens is 224 g/mol. The molecule has 2 rings (SSSR count). The summed E-state index contributed by atoms with van der Waals surface area (Å²) < 4.78 is 31.4. The van der Waals surface area contributed by atoms with Crippen molar-refractivity contribution in [3.63, 3.8) is 0 Å². The van der Waals surface area contributed by atoms with Gasteiger partial charge in [0, 0.05) is 16.7 Å². The number of halogens is 2. The van der Waals surface area contributed by atoms with Crippen LogP contribution in [-0.2, 0) is 5.54 Å². The molecule has 1 unspecified atom stereocenters. The van der Waals surface area contributed by atoms with Crippen molar-refractivity contribution in [2.24, 2.45) is 0 Å². The predicted molar refractivity (Wildman–Crippen MR) is 62.5 cm³/mol. The normalized spacial score (nSPS) is 24.3. The average molecular weight is 241 g/mol. The molecule has 0 amide bonds. The molecule has 1 aliphatic rings. The molecule has 0 saturated carbocycles. The molecule has 1 aromatic rings. The smallest absolute Gasteiger partial charge is 0.264 e. The third-order valence-corrected chi connectivity index (χ3v) is 3.43. The van der Waals surface area contributed by atoms with Crippen molar-refractivity contribution >= 4 is 0 Å². The van der Waals surface area contributed by atoms with Crippen LogP contribution < -0.4 is 10.1 Å². The molecule has 1 aliphatic heterocycles. The first-order valence-electron chi connectivity index (χ1n) is 5.79. The molecule has 17 heavy (non-hydrogen) atoms. The van der Waals surface area contributed by atoms with Crippen molar-refractivity contribution in [2.75, 3.05) is 13.7 Å². The van der Waals surface area contributed by atoms with Crippen molar-refractivity contribution < 1.29 is 13.5 Å². The molecular formula is C13H17F2NO. The number of hydrogen-bond acceptors (Lipinski definition) is 2. The van der Waals surface area contributed by atoms with Crippen LogP contribution in [0.4, 0.5) is 8.78 Å². The Bertz CT molecular complexity index is 400. The van der Waals surface area contributed by atoms with Gasteiger partial charge in [0.15, 0.2) is 0 Å². The Morgan fingerprint density at radius 1 is 1.41 bits per heavy atom. The number of nitrogens with one attached hydrogen (secondary N) is 1. The highest BCUT2D eigenvalue weighted by atomic mass is 19.3. The minimum absolute atomic E-state index is 0.0706. The predicted octanol–water partition coefficient (Wildman–Crippen LogP) is 3.23. The van der Waals surface area contributed by atoms with E-state index in [1.54, 1.807) is 12.1 Å². The van der Waals surface area contributed by atoms with Gasteiger partial charge < -0.3 is 10.1 Å². The van der Waals surface area contributed by atoms with E-state index in [0.717, 1.165) is 19.4 Å². The molecule has 1 aromatic carbocycles. The lowest BCUT2D eigenvalue weighted by molar-refractivity contribution is 0.147. The maximum Gasteiger partial charge on any atom is 0.264 e. The molecule has 1 N–H and O–H groups in total. The van der Waals surface area contributed by atoms with Gasteiger partial charge in [-0.05, 0) is 32.4 Å². The standard InChI is InChI=1S/C13H17F2NO/c1-13(7-4-8-16-13)11-9(12(14)15)5-3-6-10(11)17-2/h3,5-6,12,16H,4,7-8H2,1-2H3. The number of alkyl halides is 2. The van der Waals surface area contributed by atoms with Crippen LogP contribution in [-0.4, -0.2) is 13.7 Å². The van der Waals surface area contributed by atoms with E-state index in [9.17, 15) is 8.78 Å². The van der Waals surface area contributed by atoms with E-state index < -0.39 is 12.0 Å². The van der Waals surface area contributed by atoms with Gasteiger partial charge in [-0.25, -0.2) is 8.78 Å². The summed E-state index contributed by atoms with van der Waals surface area (Å²) in [4.78, 5) is 0. The monoisotopic (exact) mass is 241 g/mol. The molecule has 1 saturated heterocycles. The van der Waals surface area contributed by atoms with Crippen LogP contribution in [0.2, 0.25) is 0 Å². The van der Waals surface area contributed by atoms with Crippen LogP contribution in [0.25, 0.3) is 0 Å². The summed E-state index contributed by atoms with van der Waals surface area (Å²) >= 11 is 0. The third kappa shape index (κ3) is 2.14. The van der Waals surface area contributed by atoms with Gasteiger partial charge in [-0.15, -0.1) is 0 Å². The SMILES string of the molecule is COc1cccc(C(F)F)c1C1(C)CCCN1. The first-order chi connectivity index (χ1) is 8.08. The zero-order valence-corrected chi connectivity index (χ0v) is 10.1. The summed E-state index contributed by atoms with van der Waals surface area (Å²) in [6.07, 6.45) is -0.621. The van der Waals surface area contributed by atoms with Crippen molar-refractivity contribution in [1.29, 1.82) is 0 Å². The molecule has 1 heterocycles. The maximum atomic E-state index is 13.1. The summed E-state index contributed by atoms with van der Waals surface area (Å²) in [6, 6.07) is 4.84. The average Bonchev–Trinajstić information content (AvgIpc) is 2.76. The number of methoxy groups -OCH3 is 1. The fraction of sp³-hybridized carbons (Fsp3) is 0.538. The van der Waals surface area contributed by atoms with Crippen molar-refractivity contribution in [3.05, 3.63) is 29.3 Å². The quantitative estimate of drug-likeness (QED) is 0.877. The van der Waals surface area contributed by atoms with Gasteiger partial charge in [0.25, 0.3) is 6.43 Å². The Labute approximate surface area is 100.0 Å². The summed E-state index contributed by atoms with van der Waals surface area (Å²) in [5.41, 5.74) is 0.273. The third-order valence-electron chi connectivity index (χ3n) is 3.43. The Morgan fingerprint density at radius 2 is 2.18 bits per heavy atom. The van der Waals surface area contributed by atoms with E-state index in [2.05, 4.69) is 5.32 Å². The largest absolute Gasteiger partial charge is 0.496 e. The summed E-state index contributed by atoms with van der Waals surface area (Å²) in [5, 5.41) is 3.31. The zero-order chi connectivity index (χ0) is 12.5. The lowest BCUT2D eigenvalue weighted by atomic mass is 9.86. The number of hydrogen-bond donors (Lipinski definition) is 1. The Balaban J connectivity index is 2.55. The maximum absolute atomic E-state index is 13.1. The van der Waals surface area contributed by atoms with Crippen molar-refractivity contribution in [3.8, 4) is 5.75 Å². The molecule has 0 aliphatic carbocycles. The fourth-order valence-electron chi connectivity index (χ4n) is 2.60. The van der Waals surface area contributed by atoms with E-state index in [0.29, 0.717) is 11.3 Å². The molecule has 0 radical (unpaired) electrons. The Hall–Kier alpha value is -1.16. The van der Waals surface area contributed by atoms with Crippen LogP contribution in [0, 0.1) is 0 Å². The molecule has 2 nitrogen and oxygen atoms in total. The summed E-state index contributed by atoms with van der Waals surface area (Å²) in [5.74, 6) is 0.541. The second kappa shape index (κ2) is 4.61. The van der Waals surface area contributed by atoms with Crippen LogP contribution in [0.15, 0.2) is 18.2 Å². The van der Waals surface area contributed by atoms with Crippen LogP contribution in [0.3, 0.4) is 0 Å². The molecule has 0 spiro atoms. The molecule has 4 heteroatoms.